The monoisotopic (exact) mass is 466 g/mol. The van der Waals surface area contributed by atoms with Crippen molar-refractivity contribution in [3.8, 4) is 0 Å². The van der Waals surface area contributed by atoms with Crippen molar-refractivity contribution >= 4 is 11.9 Å². The van der Waals surface area contributed by atoms with Gasteiger partial charge in [-0.1, -0.05) is 112 Å². The lowest BCUT2D eigenvalue weighted by Gasteiger charge is -2.29. The standard InChI is InChI=1S/C30H42O4/c31-29(32)23-15-4-2-1-3-13-21-27(25-17-9-7-10-18-25)28(26-19-11-8-12-20-26)22-14-5-6-16-24-30(33)34/h7-12,17-20,27-28H,1-6,13-16,21-24H2,(H,31,32)(H,33,34). The molecule has 0 amide bonds. The third-order valence-electron chi connectivity index (χ3n) is 6.75. The highest BCUT2D eigenvalue weighted by Crippen LogP contribution is 2.40. The normalized spacial score (nSPS) is 12.8. The molecule has 0 saturated carbocycles. The van der Waals surface area contributed by atoms with Gasteiger partial charge in [0.15, 0.2) is 0 Å². The van der Waals surface area contributed by atoms with Crippen LogP contribution in [-0.2, 0) is 9.59 Å². The van der Waals surface area contributed by atoms with Gasteiger partial charge in [-0.05, 0) is 48.6 Å². The molecule has 2 aromatic rings. The molecule has 0 spiro atoms. The second-order valence-electron chi connectivity index (χ2n) is 9.43. The predicted octanol–water partition coefficient (Wildman–Crippen LogP) is 8.18. The maximum atomic E-state index is 10.8. The molecule has 0 radical (unpaired) electrons. The van der Waals surface area contributed by atoms with Crippen molar-refractivity contribution in [1.29, 1.82) is 0 Å². The van der Waals surface area contributed by atoms with Gasteiger partial charge in [0.25, 0.3) is 0 Å². The lowest BCUT2D eigenvalue weighted by atomic mass is 9.76. The van der Waals surface area contributed by atoms with E-state index in [4.69, 9.17) is 10.2 Å². The second kappa shape index (κ2) is 16.9. The van der Waals surface area contributed by atoms with Crippen molar-refractivity contribution in [2.24, 2.45) is 0 Å². The summed E-state index contributed by atoms with van der Waals surface area (Å²) in [6.45, 7) is 0. The van der Waals surface area contributed by atoms with Crippen molar-refractivity contribution in [3.05, 3.63) is 71.8 Å². The van der Waals surface area contributed by atoms with Gasteiger partial charge in [0.05, 0.1) is 0 Å². The van der Waals surface area contributed by atoms with Gasteiger partial charge in [-0.15, -0.1) is 0 Å². The van der Waals surface area contributed by atoms with Crippen molar-refractivity contribution in [3.63, 3.8) is 0 Å². The van der Waals surface area contributed by atoms with Crippen LogP contribution in [0.4, 0.5) is 0 Å². The number of hydrogen-bond acceptors (Lipinski definition) is 2. The SMILES string of the molecule is O=C(O)CCCCCCCCC(c1ccccc1)C(CCCCCCC(=O)O)c1ccccc1. The van der Waals surface area contributed by atoms with Gasteiger partial charge in [-0.3, -0.25) is 9.59 Å². The lowest BCUT2D eigenvalue weighted by Crippen LogP contribution is -2.12. The van der Waals surface area contributed by atoms with E-state index >= 15 is 0 Å². The molecule has 0 aliphatic rings. The molecule has 2 unspecified atom stereocenters. The zero-order chi connectivity index (χ0) is 24.4. The Labute approximate surface area is 205 Å². The first-order chi connectivity index (χ1) is 16.6. The maximum absolute atomic E-state index is 10.8. The molecule has 186 valence electrons. The summed E-state index contributed by atoms with van der Waals surface area (Å²) in [5.74, 6) is -0.471. The fourth-order valence-electron chi connectivity index (χ4n) is 4.94. The number of carboxylic acids is 2. The molecule has 0 bridgehead atoms. The Bertz CT molecular complexity index is 803. The van der Waals surface area contributed by atoms with Gasteiger partial charge in [0.2, 0.25) is 0 Å². The lowest BCUT2D eigenvalue weighted by molar-refractivity contribution is -0.138. The zero-order valence-corrected chi connectivity index (χ0v) is 20.5. The first-order valence-corrected chi connectivity index (χ1v) is 13.1. The van der Waals surface area contributed by atoms with E-state index < -0.39 is 11.9 Å². The fourth-order valence-corrected chi connectivity index (χ4v) is 4.94. The molecule has 2 aromatic carbocycles. The average Bonchev–Trinajstić information content (AvgIpc) is 2.84. The van der Waals surface area contributed by atoms with E-state index in [1.54, 1.807) is 0 Å². The number of hydrogen-bond donors (Lipinski definition) is 2. The molecule has 0 saturated heterocycles. The Balaban J connectivity index is 1.96. The molecule has 0 aliphatic heterocycles. The quantitative estimate of drug-likeness (QED) is 0.205. The summed E-state index contributed by atoms with van der Waals surface area (Å²) in [6.07, 6.45) is 13.2. The summed E-state index contributed by atoms with van der Waals surface area (Å²) >= 11 is 0. The number of carboxylic acid groups (broad SMARTS) is 2. The summed E-state index contributed by atoms with van der Waals surface area (Å²) in [6, 6.07) is 21.7. The minimum atomic E-state index is -0.701. The highest BCUT2D eigenvalue weighted by Gasteiger charge is 2.24. The molecule has 0 aliphatic carbocycles. The Morgan fingerprint density at radius 1 is 0.500 bits per heavy atom. The molecule has 2 rings (SSSR count). The molecule has 4 heteroatoms. The van der Waals surface area contributed by atoms with Gasteiger partial charge in [0, 0.05) is 12.8 Å². The van der Waals surface area contributed by atoms with Gasteiger partial charge < -0.3 is 10.2 Å². The Kier molecular flexibility index (Phi) is 13.7. The van der Waals surface area contributed by atoms with Crippen LogP contribution in [0.5, 0.6) is 0 Å². The van der Waals surface area contributed by atoms with E-state index in [0.29, 0.717) is 11.8 Å². The zero-order valence-electron chi connectivity index (χ0n) is 20.5. The van der Waals surface area contributed by atoms with Crippen LogP contribution in [0.25, 0.3) is 0 Å². The summed E-state index contributed by atoms with van der Waals surface area (Å²) < 4.78 is 0. The minimum absolute atomic E-state index is 0.269. The number of unbranched alkanes of at least 4 members (excludes halogenated alkanes) is 8. The molecule has 0 heterocycles. The summed E-state index contributed by atoms with van der Waals surface area (Å²) in [5, 5.41) is 17.6. The van der Waals surface area contributed by atoms with Crippen LogP contribution >= 0.6 is 0 Å². The minimum Gasteiger partial charge on any atom is -0.481 e. The van der Waals surface area contributed by atoms with Crippen LogP contribution in [-0.4, -0.2) is 22.2 Å². The Morgan fingerprint density at radius 3 is 1.18 bits per heavy atom. The second-order valence-corrected chi connectivity index (χ2v) is 9.43. The van der Waals surface area contributed by atoms with E-state index in [1.165, 1.54) is 30.4 Å². The van der Waals surface area contributed by atoms with Crippen molar-refractivity contribution in [2.75, 3.05) is 0 Å². The van der Waals surface area contributed by atoms with Crippen LogP contribution in [0.1, 0.15) is 113 Å². The van der Waals surface area contributed by atoms with E-state index in [0.717, 1.165) is 57.8 Å². The maximum Gasteiger partial charge on any atom is 0.303 e. The highest BCUT2D eigenvalue weighted by molar-refractivity contribution is 5.66. The smallest absolute Gasteiger partial charge is 0.303 e. The van der Waals surface area contributed by atoms with Crippen LogP contribution in [0.15, 0.2) is 60.7 Å². The topological polar surface area (TPSA) is 74.6 Å². The fraction of sp³-hybridized carbons (Fsp3) is 0.533. The largest absolute Gasteiger partial charge is 0.481 e. The van der Waals surface area contributed by atoms with Crippen LogP contribution < -0.4 is 0 Å². The molecule has 2 N–H and O–H groups in total. The van der Waals surface area contributed by atoms with Gasteiger partial charge in [-0.25, -0.2) is 0 Å². The van der Waals surface area contributed by atoms with Crippen LogP contribution in [0.2, 0.25) is 0 Å². The third kappa shape index (κ3) is 11.5. The molecule has 4 nitrogen and oxygen atoms in total. The van der Waals surface area contributed by atoms with Gasteiger partial charge in [-0.2, -0.15) is 0 Å². The van der Waals surface area contributed by atoms with E-state index in [-0.39, 0.29) is 12.8 Å². The van der Waals surface area contributed by atoms with Crippen LogP contribution in [0, 0.1) is 0 Å². The molecule has 0 aromatic heterocycles. The number of aliphatic carboxylic acids is 2. The Morgan fingerprint density at radius 2 is 0.824 bits per heavy atom. The average molecular weight is 467 g/mol. The molecular formula is C30H42O4. The highest BCUT2D eigenvalue weighted by atomic mass is 16.4. The summed E-state index contributed by atoms with van der Waals surface area (Å²) in [7, 11) is 0. The van der Waals surface area contributed by atoms with Crippen molar-refractivity contribution < 1.29 is 19.8 Å². The third-order valence-corrected chi connectivity index (χ3v) is 6.75. The molecule has 2 atom stereocenters. The van der Waals surface area contributed by atoms with Crippen LogP contribution in [0.3, 0.4) is 0 Å². The van der Waals surface area contributed by atoms with Gasteiger partial charge >= 0.3 is 11.9 Å². The van der Waals surface area contributed by atoms with Crippen molar-refractivity contribution in [2.45, 2.75) is 102 Å². The number of benzene rings is 2. The van der Waals surface area contributed by atoms with E-state index in [1.807, 2.05) is 0 Å². The van der Waals surface area contributed by atoms with E-state index in [9.17, 15) is 9.59 Å². The number of rotatable bonds is 19. The van der Waals surface area contributed by atoms with Gasteiger partial charge in [0.1, 0.15) is 0 Å². The summed E-state index contributed by atoms with van der Waals surface area (Å²) in [5.41, 5.74) is 2.80. The summed E-state index contributed by atoms with van der Waals surface area (Å²) in [4.78, 5) is 21.4. The first kappa shape index (κ1) is 27.6. The molecular weight excluding hydrogens is 424 g/mol. The predicted molar refractivity (Wildman–Crippen MR) is 138 cm³/mol. The molecule has 34 heavy (non-hydrogen) atoms. The number of carbonyl (C=O) groups is 2. The van der Waals surface area contributed by atoms with Crippen molar-refractivity contribution in [1.82, 2.24) is 0 Å². The van der Waals surface area contributed by atoms with E-state index in [2.05, 4.69) is 60.7 Å². The molecule has 0 fully saturated rings. The first-order valence-electron chi connectivity index (χ1n) is 13.1. The Hall–Kier alpha value is -2.62.